The molecule has 1 atom stereocenters. The van der Waals surface area contributed by atoms with Crippen molar-refractivity contribution in [1.82, 2.24) is 4.98 Å². The molecule has 1 unspecified atom stereocenters. The molecule has 2 heterocycles. The van der Waals surface area contributed by atoms with E-state index in [0.717, 1.165) is 11.3 Å². The molecule has 0 aromatic carbocycles. The van der Waals surface area contributed by atoms with Gasteiger partial charge in [-0.3, -0.25) is 9.78 Å². The van der Waals surface area contributed by atoms with Crippen LogP contribution in [0.2, 0.25) is 0 Å². The predicted molar refractivity (Wildman–Crippen MR) is 55.6 cm³/mol. The second-order valence-electron chi connectivity index (χ2n) is 3.47. The maximum absolute atomic E-state index is 11.6. The third-order valence-corrected chi connectivity index (χ3v) is 2.65. The highest BCUT2D eigenvalue weighted by molar-refractivity contribution is 6.24. The number of pyridine rings is 1. The van der Waals surface area contributed by atoms with Gasteiger partial charge < -0.3 is 4.90 Å². The van der Waals surface area contributed by atoms with Crippen LogP contribution in [-0.2, 0) is 4.79 Å². The number of carbonyl (C=O) groups excluding carboxylic acids is 1. The highest BCUT2D eigenvalue weighted by Gasteiger charge is 2.29. The van der Waals surface area contributed by atoms with Crippen LogP contribution in [0.3, 0.4) is 0 Å². The van der Waals surface area contributed by atoms with Crippen LogP contribution < -0.4 is 4.90 Å². The number of amides is 1. The Bertz CT molecular complexity index is 367. The van der Waals surface area contributed by atoms with Crippen LogP contribution in [0.4, 0.5) is 5.69 Å². The predicted octanol–water partition coefficient (Wildman–Crippen LogP) is 1.73. The van der Waals surface area contributed by atoms with Gasteiger partial charge in [0.2, 0.25) is 5.91 Å². The smallest absolute Gasteiger partial charge is 0.228 e. The molecule has 0 bridgehead atoms. The molecule has 1 aromatic rings. The van der Waals surface area contributed by atoms with Gasteiger partial charge in [0.15, 0.2) is 0 Å². The van der Waals surface area contributed by atoms with Gasteiger partial charge in [0, 0.05) is 31.0 Å². The summed E-state index contributed by atoms with van der Waals surface area (Å²) in [5.74, 6) is 0.0966. The molecule has 2 rings (SSSR count). The van der Waals surface area contributed by atoms with Crippen molar-refractivity contribution in [1.29, 1.82) is 0 Å². The Hall–Kier alpha value is -1.09. The van der Waals surface area contributed by atoms with Crippen molar-refractivity contribution in [3.8, 4) is 0 Å². The molecule has 14 heavy (non-hydrogen) atoms. The third kappa shape index (κ3) is 1.60. The van der Waals surface area contributed by atoms with Gasteiger partial charge in [-0.25, -0.2) is 0 Å². The average Bonchev–Trinajstić information content (AvgIpc) is 2.46. The van der Waals surface area contributed by atoms with E-state index in [-0.39, 0.29) is 11.3 Å². The Balaban J connectivity index is 2.32. The van der Waals surface area contributed by atoms with Gasteiger partial charge in [0.25, 0.3) is 0 Å². The van der Waals surface area contributed by atoms with Crippen LogP contribution in [0.25, 0.3) is 0 Å². The van der Waals surface area contributed by atoms with Gasteiger partial charge in [-0.2, -0.15) is 0 Å². The first-order valence-electron chi connectivity index (χ1n) is 4.53. The zero-order valence-corrected chi connectivity index (χ0v) is 8.66. The van der Waals surface area contributed by atoms with Gasteiger partial charge in [-0.05, 0) is 18.6 Å². The summed E-state index contributed by atoms with van der Waals surface area (Å²) in [5.41, 5.74) is 1.93. The number of aromatic nitrogens is 1. The number of rotatable bonds is 1. The first-order valence-corrected chi connectivity index (χ1v) is 4.97. The molecule has 4 heteroatoms. The number of aryl methyl sites for hydroxylation is 1. The Morgan fingerprint density at radius 3 is 3.00 bits per heavy atom. The normalized spacial score (nSPS) is 21.7. The van der Waals surface area contributed by atoms with Gasteiger partial charge in [0.05, 0.1) is 5.38 Å². The number of hydrogen-bond acceptors (Lipinski definition) is 2. The lowest BCUT2D eigenvalue weighted by Crippen LogP contribution is -2.25. The average molecular weight is 211 g/mol. The van der Waals surface area contributed by atoms with E-state index >= 15 is 0 Å². The van der Waals surface area contributed by atoms with E-state index in [1.54, 1.807) is 17.3 Å². The van der Waals surface area contributed by atoms with Crippen molar-refractivity contribution < 1.29 is 4.79 Å². The van der Waals surface area contributed by atoms with Crippen molar-refractivity contribution in [2.45, 2.75) is 18.7 Å². The minimum atomic E-state index is -0.0601. The molecule has 0 saturated carbocycles. The van der Waals surface area contributed by atoms with E-state index in [1.165, 1.54) is 0 Å². The molecule has 74 valence electrons. The second kappa shape index (κ2) is 3.58. The first-order chi connectivity index (χ1) is 6.68. The van der Waals surface area contributed by atoms with E-state index in [2.05, 4.69) is 4.98 Å². The molecule has 1 aliphatic rings. The fraction of sp³-hybridized carbons (Fsp3) is 0.400. The summed E-state index contributed by atoms with van der Waals surface area (Å²) in [7, 11) is 0. The molecule has 1 aromatic heterocycles. The lowest BCUT2D eigenvalue weighted by molar-refractivity contribution is -0.117. The van der Waals surface area contributed by atoms with Crippen LogP contribution in [-0.4, -0.2) is 22.8 Å². The van der Waals surface area contributed by atoms with E-state index in [1.807, 2.05) is 13.0 Å². The van der Waals surface area contributed by atoms with Crippen LogP contribution in [0.15, 0.2) is 18.5 Å². The topological polar surface area (TPSA) is 33.2 Å². The highest BCUT2D eigenvalue weighted by atomic mass is 35.5. The molecule has 1 fully saturated rings. The molecule has 0 spiro atoms. The molecule has 1 aliphatic heterocycles. The number of carbonyl (C=O) groups is 1. The highest BCUT2D eigenvalue weighted by Crippen LogP contribution is 2.26. The van der Waals surface area contributed by atoms with E-state index in [0.29, 0.717) is 13.0 Å². The van der Waals surface area contributed by atoms with Gasteiger partial charge in [-0.1, -0.05) is 0 Å². The summed E-state index contributed by atoms with van der Waals surface area (Å²) in [5, 5.41) is -0.0601. The summed E-state index contributed by atoms with van der Waals surface area (Å²) in [6.07, 6.45) is 3.88. The maximum Gasteiger partial charge on any atom is 0.228 e. The lowest BCUT2D eigenvalue weighted by Gasteiger charge is -2.17. The fourth-order valence-electron chi connectivity index (χ4n) is 1.67. The SMILES string of the molecule is Cc1cnccc1N1CC(Cl)CC1=O. The molecular formula is C10H11ClN2O. The van der Waals surface area contributed by atoms with Crippen LogP contribution in [0.1, 0.15) is 12.0 Å². The Labute approximate surface area is 87.7 Å². The molecule has 0 radical (unpaired) electrons. The Morgan fingerprint density at radius 1 is 1.64 bits per heavy atom. The summed E-state index contributed by atoms with van der Waals surface area (Å²) in [6.45, 7) is 2.54. The number of halogens is 1. The summed E-state index contributed by atoms with van der Waals surface area (Å²) in [4.78, 5) is 17.3. The number of anilines is 1. The standard InChI is InChI=1S/C10H11ClN2O/c1-7-5-12-3-2-9(7)13-6-8(11)4-10(13)14/h2-3,5,8H,4,6H2,1H3. The quantitative estimate of drug-likeness (QED) is 0.662. The molecule has 1 amide bonds. The largest absolute Gasteiger partial charge is 0.311 e. The second-order valence-corrected chi connectivity index (χ2v) is 4.09. The summed E-state index contributed by atoms with van der Waals surface area (Å²) in [6, 6.07) is 1.85. The molecule has 1 saturated heterocycles. The van der Waals surface area contributed by atoms with Crippen LogP contribution in [0.5, 0.6) is 0 Å². The van der Waals surface area contributed by atoms with E-state index in [4.69, 9.17) is 11.6 Å². The molecular weight excluding hydrogens is 200 g/mol. The number of alkyl halides is 1. The fourth-order valence-corrected chi connectivity index (χ4v) is 1.94. The van der Waals surface area contributed by atoms with Crippen LogP contribution >= 0.6 is 11.6 Å². The molecule has 0 aliphatic carbocycles. The number of nitrogens with zero attached hydrogens (tertiary/aromatic N) is 2. The van der Waals surface area contributed by atoms with E-state index < -0.39 is 0 Å². The van der Waals surface area contributed by atoms with Gasteiger partial charge in [0.1, 0.15) is 0 Å². The van der Waals surface area contributed by atoms with E-state index in [9.17, 15) is 4.79 Å². The van der Waals surface area contributed by atoms with Crippen molar-refractivity contribution in [3.05, 3.63) is 24.0 Å². The summed E-state index contributed by atoms with van der Waals surface area (Å²) >= 11 is 5.93. The Kier molecular flexibility index (Phi) is 2.42. The minimum Gasteiger partial charge on any atom is -0.311 e. The van der Waals surface area contributed by atoms with Crippen molar-refractivity contribution in [3.63, 3.8) is 0 Å². The van der Waals surface area contributed by atoms with Gasteiger partial charge >= 0.3 is 0 Å². The minimum absolute atomic E-state index is 0.0601. The van der Waals surface area contributed by atoms with Gasteiger partial charge in [-0.15, -0.1) is 11.6 Å². The monoisotopic (exact) mass is 210 g/mol. The Morgan fingerprint density at radius 2 is 2.43 bits per heavy atom. The van der Waals surface area contributed by atoms with Crippen molar-refractivity contribution >= 4 is 23.2 Å². The molecule has 3 nitrogen and oxygen atoms in total. The first kappa shape index (κ1) is 9.46. The third-order valence-electron chi connectivity index (χ3n) is 2.36. The van der Waals surface area contributed by atoms with Crippen molar-refractivity contribution in [2.24, 2.45) is 0 Å². The maximum atomic E-state index is 11.6. The zero-order valence-electron chi connectivity index (χ0n) is 7.90. The van der Waals surface area contributed by atoms with Crippen molar-refractivity contribution in [2.75, 3.05) is 11.4 Å². The lowest BCUT2D eigenvalue weighted by atomic mass is 10.2. The zero-order chi connectivity index (χ0) is 10.1. The van der Waals surface area contributed by atoms with Crippen LogP contribution in [0, 0.1) is 6.92 Å². The molecule has 0 N–H and O–H groups in total. The number of hydrogen-bond donors (Lipinski definition) is 0. The summed E-state index contributed by atoms with van der Waals surface area (Å²) < 4.78 is 0.